The molecule has 5 heteroatoms. The van der Waals surface area contributed by atoms with E-state index >= 15 is 0 Å². The summed E-state index contributed by atoms with van der Waals surface area (Å²) in [5, 5.41) is 0. The number of rotatable bonds is 6. The van der Waals surface area contributed by atoms with Gasteiger partial charge >= 0.3 is 0 Å². The van der Waals surface area contributed by atoms with Gasteiger partial charge in [-0.25, -0.2) is 8.42 Å². The third-order valence-electron chi connectivity index (χ3n) is 3.13. The molecule has 0 aliphatic rings. The third kappa shape index (κ3) is 4.43. The molecule has 4 nitrogen and oxygen atoms in total. The molecule has 0 aromatic heterocycles. The molecule has 0 saturated heterocycles. The SMILES string of the molecule is CC(CS(=O)(=O)Nc1cccc(C=O)c1)c1ccccc1. The van der Waals surface area contributed by atoms with Crippen LogP contribution in [0.2, 0.25) is 0 Å². The van der Waals surface area contributed by atoms with Gasteiger partial charge in [0.25, 0.3) is 0 Å². The van der Waals surface area contributed by atoms with Gasteiger partial charge in [-0.15, -0.1) is 0 Å². The van der Waals surface area contributed by atoms with Gasteiger partial charge in [0.05, 0.1) is 5.75 Å². The molecule has 0 saturated carbocycles. The Morgan fingerprint density at radius 1 is 1.10 bits per heavy atom. The fourth-order valence-corrected chi connectivity index (χ4v) is 3.52. The van der Waals surface area contributed by atoms with Crippen LogP contribution in [0.3, 0.4) is 0 Å². The van der Waals surface area contributed by atoms with E-state index < -0.39 is 10.0 Å². The fourth-order valence-electron chi connectivity index (χ4n) is 2.10. The zero-order chi connectivity index (χ0) is 15.3. The average Bonchev–Trinajstić information content (AvgIpc) is 2.47. The van der Waals surface area contributed by atoms with Gasteiger partial charge in [-0.05, 0) is 23.6 Å². The van der Waals surface area contributed by atoms with Gasteiger partial charge < -0.3 is 0 Å². The molecule has 2 rings (SSSR count). The lowest BCUT2D eigenvalue weighted by Gasteiger charge is -2.14. The van der Waals surface area contributed by atoms with Gasteiger partial charge in [-0.3, -0.25) is 9.52 Å². The Balaban J connectivity index is 2.10. The van der Waals surface area contributed by atoms with Gasteiger partial charge in [0.15, 0.2) is 0 Å². The summed E-state index contributed by atoms with van der Waals surface area (Å²) in [6.45, 7) is 1.87. The van der Waals surface area contributed by atoms with E-state index in [1.54, 1.807) is 18.2 Å². The molecule has 0 bridgehead atoms. The number of sulfonamides is 1. The van der Waals surface area contributed by atoms with Gasteiger partial charge in [0.1, 0.15) is 6.29 Å². The molecule has 1 unspecified atom stereocenters. The van der Waals surface area contributed by atoms with Gasteiger partial charge in [-0.2, -0.15) is 0 Å². The summed E-state index contributed by atoms with van der Waals surface area (Å²) in [7, 11) is -3.47. The van der Waals surface area contributed by atoms with Gasteiger partial charge in [0, 0.05) is 11.3 Å². The van der Waals surface area contributed by atoms with E-state index in [0.717, 1.165) is 5.56 Å². The van der Waals surface area contributed by atoms with Crippen molar-refractivity contribution in [3.05, 3.63) is 65.7 Å². The first-order valence-electron chi connectivity index (χ1n) is 6.61. The largest absolute Gasteiger partial charge is 0.298 e. The molecule has 1 atom stereocenters. The van der Waals surface area contributed by atoms with E-state index in [1.165, 1.54) is 6.07 Å². The Hall–Kier alpha value is -2.14. The van der Waals surface area contributed by atoms with E-state index in [1.807, 2.05) is 37.3 Å². The standard InChI is InChI=1S/C16H17NO3S/c1-13(15-7-3-2-4-8-15)12-21(19,20)17-16-9-5-6-14(10-16)11-18/h2-11,13,17H,12H2,1H3. The van der Waals surface area contributed by atoms with Crippen LogP contribution in [0.15, 0.2) is 54.6 Å². The van der Waals surface area contributed by atoms with Crippen molar-refractivity contribution in [1.29, 1.82) is 0 Å². The van der Waals surface area contributed by atoms with Crippen LogP contribution in [0.5, 0.6) is 0 Å². The van der Waals surface area contributed by atoms with E-state index in [9.17, 15) is 13.2 Å². The minimum Gasteiger partial charge on any atom is -0.298 e. The number of carbonyl (C=O) groups excluding carboxylic acids is 1. The molecule has 2 aromatic carbocycles. The molecule has 110 valence electrons. The van der Waals surface area contributed by atoms with Crippen molar-refractivity contribution < 1.29 is 13.2 Å². The molecule has 1 N–H and O–H groups in total. The summed E-state index contributed by atoms with van der Waals surface area (Å²) < 4.78 is 26.9. The van der Waals surface area contributed by atoms with Crippen LogP contribution in [-0.2, 0) is 10.0 Å². The topological polar surface area (TPSA) is 63.2 Å². The minimum absolute atomic E-state index is 0.0116. The Labute approximate surface area is 124 Å². The van der Waals surface area contributed by atoms with Gasteiger partial charge in [-0.1, -0.05) is 49.4 Å². The zero-order valence-electron chi connectivity index (χ0n) is 11.7. The number of carbonyl (C=O) groups is 1. The molecular formula is C16H17NO3S. The summed E-state index contributed by atoms with van der Waals surface area (Å²) in [6, 6.07) is 15.9. The highest BCUT2D eigenvalue weighted by Gasteiger charge is 2.17. The molecule has 0 spiro atoms. The molecule has 0 aliphatic carbocycles. The first-order valence-corrected chi connectivity index (χ1v) is 8.26. The highest BCUT2D eigenvalue weighted by Crippen LogP contribution is 2.19. The molecule has 21 heavy (non-hydrogen) atoms. The maximum atomic E-state index is 12.2. The van der Waals surface area contributed by atoms with Crippen molar-refractivity contribution in [2.45, 2.75) is 12.8 Å². The van der Waals surface area contributed by atoms with Crippen molar-refractivity contribution >= 4 is 22.0 Å². The van der Waals surface area contributed by atoms with Crippen molar-refractivity contribution in [2.24, 2.45) is 0 Å². The minimum atomic E-state index is -3.47. The van der Waals surface area contributed by atoms with E-state index in [-0.39, 0.29) is 11.7 Å². The highest BCUT2D eigenvalue weighted by atomic mass is 32.2. The third-order valence-corrected chi connectivity index (χ3v) is 4.62. The van der Waals surface area contributed by atoms with Crippen LogP contribution >= 0.6 is 0 Å². The predicted octanol–water partition coefficient (Wildman–Crippen LogP) is 3.04. The molecule has 0 fully saturated rings. The quantitative estimate of drug-likeness (QED) is 0.834. The predicted molar refractivity (Wildman–Crippen MR) is 84.1 cm³/mol. The number of hydrogen-bond donors (Lipinski definition) is 1. The lowest BCUT2D eigenvalue weighted by atomic mass is 10.0. The van der Waals surface area contributed by atoms with Crippen LogP contribution in [-0.4, -0.2) is 20.5 Å². The van der Waals surface area contributed by atoms with Gasteiger partial charge in [0.2, 0.25) is 10.0 Å². The normalized spacial score (nSPS) is 12.6. The van der Waals surface area contributed by atoms with Crippen LogP contribution in [0.25, 0.3) is 0 Å². The molecule has 0 amide bonds. The molecule has 0 aliphatic heterocycles. The Morgan fingerprint density at radius 3 is 2.48 bits per heavy atom. The average molecular weight is 303 g/mol. The second-order valence-corrected chi connectivity index (χ2v) is 6.71. The van der Waals surface area contributed by atoms with Crippen LogP contribution < -0.4 is 4.72 Å². The Morgan fingerprint density at radius 2 is 1.81 bits per heavy atom. The first kappa shape index (κ1) is 15.3. The molecule has 0 radical (unpaired) electrons. The Bertz CT molecular complexity index is 711. The number of aldehydes is 1. The van der Waals surface area contributed by atoms with Crippen LogP contribution in [0.1, 0.15) is 28.8 Å². The number of hydrogen-bond acceptors (Lipinski definition) is 3. The lowest BCUT2D eigenvalue weighted by molar-refractivity contribution is 0.112. The second-order valence-electron chi connectivity index (χ2n) is 4.94. The van der Waals surface area contributed by atoms with Crippen LogP contribution in [0.4, 0.5) is 5.69 Å². The summed E-state index contributed by atoms with van der Waals surface area (Å²) in [5.41, 5.74) is 1.82. The molecule has 2 aromatic rings. The summed E-state index contributed by atoms with van der Waals surface area (Å²) in [5.74, 6) is -0.125. The van der Waals surface area contributed by atoms with E-state index in [0.29, 0.717) is 17.5 Å². The van der Waals surface area contributed by atoms with Crippen molar-refractivity contribution in [3.8, 4) is 0 Å². The highest BCUT2D eigenvalue weighted by molar-refractivity contribution is 7.92. The van der Waals surface area contributed by atoms with E-state index in [2.05, 4.69) is 4.72 Å². The lowest BCUT2D eigenvalue weighted by Crippen LogP contribution is -2.20. The maximum Gasteiger partial charge on any atom is 0.233 e. The number of nitrogens with one attached hydrogen (secondary N) is 1. The number of benzene rings is 2. The van der Waals surface area contributed by atoms with Crippen LogP contribution in [0, 0.1) is 0 Å². The number of anilines is 1. The fraction of sp³-hybridized carbons (Fsp3) is 0.188. The van der Waals surface area contributed by atoms with Crippen molar-refractivity contribution in [3.63, 3.8) is 0 Å². The second kappa shape index (κ2) is 6.54. The molecular weight excluding hydrogens is 286 g/mol. The monoisotopic (exact) mass is 303 g/mol. The summed E-state index contributed by atoms with van der Waals surface area (Å²) in [4.78, 5) is 10.7. The molecule has 0 heterocycles. The summed E-state index contributed by atoms with van der Waals surface area (Å²) >= 11 is 0. The maximum absolute atomic E-state index is 12.2. The van der Waals surface area contributed by atoms with E-state index in [4.69, 9.17) is 0 Å². The van der Waals surface area contributed by atoms with Crippen molar-refractivity contribution in [2.75, 3.05) is 10.5 Å². The zero-order valence-corrected chi connectivity index (χ0v) is 12.5. The summed E-state index contributed by atoms with van der Waals surface area (Å²) in [6.07, 6.45) is 0.685. The van der Waals surface area contributed by atoms with Crippen molar-refractivity contribution in [1.82, 2.24) is 0 Å². The Kier molecular flexibility index (Phi) is 4.75. The smallest absolute Gasteiger partial charge is 0.233 e. The first-order chi connectivity index (χ1) is 10.00.